The second-order valence-electron chi connectivity index (χ2n) is 3.74. The van der Waals surface area contributed by atoms with Gasteiger partial charge in [-0.1, -0.05) is 0 Å². The molecule has 1 aromatic rings. The van der Waals surface area contributed by atoms with E-state index in [-0.39, 0.29) is 42.7 Å². The number of furan rings is 1. The van der Waals surface area contributed by atoms with E-state index in [0.29, 0.717) is 6.42 Å². The highest BCUT2D eigenvalue weighted by atomic mass is 16.5. The van der Waals surface area contributed by atoms with Crippen LogP contribution in [0.5, 0.6) is 0 Å². The van der Waals surface area contributed by atoms with Crippen LogP contribution in [0.3, 0.4) is 0 Å². The van der Waals surface area contributed by atoms with Gasteiger partial charge in [-0.15, -0.1) is 0 Å². The van der Waals surface area contributed by atoms with E-state index in [2.05, 4.69) is 4.74 Å². The molecular formula is C13H16O6. The van der Waals surface area contributed by atoms with Crippen LogP contribution in [-0.4, -0.2) is 31.4 Å². The van der Waals surface area contributed by atoms with Gasteiger partial charge in [0.1, 0.15) is 0 Å². The molecule has 0 aliphatic heterocycles. The Morgan fingerprint density at radius 1 is 1.16 bits per heavy atom. The molecule has 6 nitrogen and oxygen atoms in total. The number of hydrogen-bond acceptors (Lipinski definition) is 6. The molecule has 1 heterocycles. The lowest BCUT2D eigenvalue weighted by atomic mass is 10.1. The van der Waals surface area contributed by atoms with Crippen molar-refractivity contribution in [3.63, 3.8) is 0 Å². The zero-order valence-electron chi connectivity index (χ0n) is 10.9. The summed E-state index contributed by atoms with van der Waals surface area (Å²) in [5, 5.41) is 0. The smallest absolute Gasteiger partial charge is 0.374 e. The zero-order chi connectivity index (χ0) is 14.3. The highest BCUT2D eigenvalue weighted by Gasteiger charge is 2.16. The van der Waals surface area contributed by atoms with Gasteiger partial charge in [-0.2, -0.15) is 0 Å². The number of hydrogen-bond donors (Lipinski definition) is 0. The highest BCUT2D eigenvalue weighted by molar-refractivity contribution is 5.95. The van der Waals surface area contributed by atoms with Crippen molar-refractivity contribution in [3.05, 3.63) is 23.7 Å². The summed E-state index contributed by atoms with van der Waals surface area (Å²) < 4.78 is 14.3. The molecule has 0 saturated carbocycles. The van der Waals surface area contributed by atoms with E-state index in [1.54, 1.807) is 6.92 Å². The maximum atomic E-state index is 11.7. The van der Waals surface area contributed by atoms with Gasteiger partial charge in [-0.25, -0.2) is 4.79 Å². The van der Waals surface area contributed by atoms with Crippen molar-refractivity contribution in [2.24, 2.45) is 0 Å². The first-order valence-corrected chi connectivity index (χ1v) is 5.95. The third kappa shape index (κ3) is 4.57. The van der Waals surface area contributed by atoms with Crippen LogP contribution in [0, 0.1) is 0 Å². The number of carbonyl (C=O) groups is 3. The molecule has 0 aliphatic rings. The standard InChI is InChI=1S/C13H16O6/c1-3-18-13(16)11-8-7-10(19-11)9(14)5-4-6-12(15)17-2/h7-8H,3-6H2,1-2H3. The summed E-state index contributed by atoms with van der Waals surface area (Å²) in [7, 11) is 1.29. The van der Waals surface area contributed by atoms with Gasteiger partial charge < -0.3 is 13.9 Å². The molecule has 104 valence electrons. The third-order valence-corrected chi connectivity index (χ3v) is 2.37. The van der Waals surface area contributed by atoms with Gasteiger partial charge >= 0.3 is 11.9 Å². The van der Waals surface area contributed by atoms with Gasteiger partial charge in [0.15, 0.2) is 11.5 Å². The van der Waals surface area contributed by atoms with Crippen LogP contribution >= 0.6 is 0 Å². The Labute approximate surface area is 110 Å². The SMILES string of the molecule is CCOC(=O)c1ccc(C(=O)CCCC(=O)OC)o1. The predicted molar refractivity (Wildman–Crippen MR) is 64.9 cm³/mol. The van der Waals surface area contributed by atoms with Gasteiger partial charge in [0, 0.05) is 12.8 Å². The molecule has 19 heavy (non-hydrogen) atoms. The summed E-state index contributed by atoms with van der Waals surface area (Å²) in [6.45, 7) is 1.92. The number of ether oxygens (including phenoxy) is 2. The van der Waals surface area contributed by atoms with Gasteiger partial charge in [-0.05, 0) is 25.5 Å². The highest BCUT2D eigenvalue weighted by Crippen LogP contribution is 2.13. The largest absolute Gasteiger partial charge is 0.469 e. The van der Waals surface area contributed by atoms with Crippen molar-refractivity contribution < 1.29 is 28.3 Å². The van der Waals surface area contributed by atoms with Crippen LogP contribution in [0.25, 0.3) is 0 Å². The summed E-state index contributed by atoms with van der Waals surface area (Å²) in [4.78, 5) is 33.9. The lowest BCUT2D eigenvalue weighted by molar-refractivity contribution is -0.140. The molecule has 1 aromatic heterocycles. The Kier molecular flexibility index (Phi) is 5.78. The molecule has 0 fully saturated rings. The molecule has 0 unspecified atom stereocenters. The minimum absolute atomic E-state index is 0.00170. The summed E-state index contributed by atoms with van der Waals surface area (Å²) in [6.07, 6.45) is 0.708. The molecule has 0 spiro atoms. The van der Waals surface area contributed by atoms with Crippen LogP contribution in [0.15, 0.2) is 16.5 Å². The van der Waals surface area contributed by atoms with Crippen molar-refractivity contribution in [1.29, 1.82) is 0 Å². The Balaban J connectivity index is 2.49. The van der Waals surface area contributed by atoms with Crippen LogP contribution in [0.2, 0.25) is 0 Å². The second-order valence-corrected chi connectivity index (χ2v) is 3.74. The van der Waals surface area contributed by atoms with Crippen molar-refractivity contribution in [2.45, 2.75) is 26.2 Å². The maximum absolute atomic E-state index is 11.7. The molecule has 6 heteroatoms. The van der Waals surface area contributed by atoms with Crippen molar-refractivity contribution in [3.8, 4) is 0 Å². The van der Waals surface area contributed by atoms with E-state index >= 15 is 0 Å². The number of rotatable bonds is 7. The van der Waals surface area contributed by atoms with Crippen LogP contribution < -0.4 is 0 Å². The van der Waals surface area contributed by atoms with E-state index in [1.165, 1.54) is 19.2 Å². The lowest BCUT2D eigenvalue weighted by Gasteiger charge is -1.99. The summed E-state index contributed by atoms with van der Waals surface area (Å²) in [5.41, 5.74) is 0. The number of ketones is 1. The molecule has 0 bridgehead atoms. The Morgan fingerprint density at radius 3 is 2.47 bits per heavy atom. The van der Waals surface area contributed by atoms with Crippen LogP contribution in [0.1, 0.15) is 47.3 Å². The molecule has 0 aliphatic carbocycles. The fraction of sp³-hybridized carbons (Fsp3) is 0.462. The number of Topliss-reactive ketones (excluding diaryl/α,β-unsaturated/α-hetero) is 1. The lowest BCUT2D eigenvalue weighted by Crippen LogP contribution is -2.04. The first kappa shape index (κ1) is 14.9. The summed E-state index contributed by atoms with van der Waals surface area (Å²) in [5.74, 6) is -1.14. The van der Waals surface area contributed by atoms with E-state index in [0.717, 1.165) is 0 Å². The molecule has 0 amide bonds. The first-order valence-electron chi connectivity index (χ1n) is 5.95. The molecule has 0 N–H and O–H groups in total. The molecule has 0 atom stereocenters. The molecule has 0 aromatic carbocycles. The average Bonchev–Trinajstić information content (AvgIpc) is 2.88. The molecular weight excluding hydrogens is 252 g/mol. The Hall–Kier alpha value is -2.11. The van der Waals surface area contributed by atoms with Crippen LogP contribution in [-0.2, 0) is 14.3 Å². The Bertz CT molecular complexity index is 459. The maximum Gasteiger partial charge on any atom is 0.374 e. The quantitative estimate of drug-likeness (QED) is 0.555. The van der Waals surface area contributed by atoms with E-state index in [9.17, 15) is 14.4 Å². The van der Waals surface area contributed by atoms with Crippen molar-refractivity contribution in [2.75, 3.05) is 13.7 Å². The van der Waals surface area contributed by atoms with Gasteiger partial charge in [0.25, 0.3) is 0 Å². The number of esters is 2. The van der Waals surface area contributed by atoms with Gasteiger partial charge in [-0.3, -0.25) is 9.59 Å². The zero-order valence-corrected chi connectivity index (χ0v) is 10.9. The molecule has 0 saturated heterocycles. The van der Waals surface area contributed by atoms with E-state index in [4.69, 9.17) is 9.15 Å². The fourth-order valence-corrected chi connectivity index (χ4v) is 1.42. The topological polar surface area (TPSA) is 82.8 Å². The molecule has 1 rings (SSSR count). The van der Waals surface area contributed by atoms with Crippen molar-refractivity contribution >= 4 is 17.7 Å². The second kappa shape index (κ2) is 7.35. The third-order valence-electron chi connectivity index (χ3n) is 2.37. The monoisotopic (exact) mass is 268 g/mol. The number of carbonyl (C=O) groups excluding carboxylic acids is 3. The Morgan fingerprint density at radius 2 is 1.84 bits per heavy atom. The summed E-state index contributed by atoms with van der Waals surface area (Å²) in [6, 6.07) is 2.82. The van der Waals surface area contributed by atoms with E-state index < -0.39 is 5.97 Å². The van der Waals surface area contributed by atoms with Crippen LogP contribution in [0.4, 0.5) is 0 Å². The predicted octanol–water partition coefficient (Wildman–Crippen LogP) is 1.98. The van der Waals surface area contributed by atoms with Gasteiger partial charge in [0.05, 0.1) is 13.7 Å². The van der Waals surface area contributed by atoms with Crippen molar-refractivity contribution in [1.82, 2.24) is 0 Å². The number of methoxy groups -OCH3 is 1. The average molecular weight is 268 g/mol. The fourth-order valence-electron chi connectivity index (χ4n) is 1.42. The summed E-state index contributed by atoms with van der Waals surface area (Å²) >= 11 is 0. The van der Waals surface area contributed by atoms with Gasteiger partial charge in [0.2, 0.25) is 5.76 Å². The molecule has 0 radical (unpaired) electrons. The first-order chi connectivity index (χ1) is 9.08. The van der Waals surface area contributed by atoms with E-state index in [1.807, 2.05) is 0 Å². The minimum atomic E-state index is -0.601. The normalized spacial score (nSPS) is 10.0. The minimum Gasteiger partial charge on any atom is -0.469 e.